The maximum Gasteiger partial charge on any atom is 0.188 e. The zero-order chi connectivity index (χ0) is 9.03. The first-order chi connectivity index (χ1) is 5.66. The standard InChI is InChI=1S/C8H17N3O/c1-2-10-7(9)11-6-8(12)4-3-5-8/h12H,2-6H2,1H3,(H3,9,10,11). The van der Waals surface area contributed by atoms with Crippen molar-refractivity contribution < 1.29 is 5.11 Å². The summed E-state index contributed by atoms with van der Waals surface area (Å²) >= 11 is 0. The molecule has 4 heteroatoms. The van der Waals surface area contributed by atoms with Crippen molar-refractivity contribution in [1.29, 1.82) is 0 Å². The zero-order valence-corrected chi connectivity index (χ0v) is 7.51. The smallest absolute Gasteiger partial charge is 0.188 e. The molecule has 0 amide bonds. The zero-order valence-electron chi connectivity index (χ0n) is 7.51. The van der Waals surface area contributed by atoms with E-state index in [9.17, 15) is 5.11 Å². The maximum absolute atomic E-state index is 9.64. The highest BCUT2D eigenvalue weighted by Gasteiger charge is 2.33. The van der Waals surface area contributed by atoms with Crippen LogP contribution < -0.4 is 11.1 Å². The lowest BCUT2D eigenvalue weighted by Gasteiger charge is -2.34. The minimum Gasteiger partial charge on any atom is -0.388 e. The van der Waals surface area contributed by atoms with E-state index in [1.54, 1.807) is 0 Å². The molecule has 0 aromatic heterocycles. The van der Waals surface area contributed by atoms with Crippen molar-refractivity contribution in [1.82, 2.24) is 5.32 Å². The molecule has 0 bridgehead atoms. The topological polar surface area (TPSA) is 70.6 Å². The number of hydrogen-bond acceptors (Lipinski definition) is 2. The van der Waals surface area contributed by atoms with Gasteiger partial charge in [0.15, 0.2) is 5.96 Å². The van der Waals surface area contributed by atoms with Crippen LogP contribution in [-0.4, -0.2) is 29.8 Å². The minimum absolute atomic E-state index is 0.429. The molecule has 1 saturated carbocycles. The van der Waals surface area contributed by atoms with E-state index < -0.39 is 5.60 Å². The molecule has 0 unspecified atom stereocenters. The molecule has 1 aliphatic carbocycles. The Balaban J connectivity index is 2.26. The number of rotatable bonds is 3. The van der Waals surface area contributed by atoms with Gasteiger partial charge in [-0.25, -0.2) is 0 Å². The summed E-state index contributed by atoms with van der Waals surface area (Å²) in [5.41, 5.74) is 4.94. The summed E-state index contributed by atoms with van der Waals surface area (Å²) in [6.45, 7) is 3.17. The van der Waals surface area contributed by atoms with Gasteiger partial charge in [-0.3, -0.25) is 4.99 Å². The van der Waals surface area contributed by atoms with Gasteiger partial charge in [0, 0.05) is 6.54 Å². The van der Waals surface area contributed by atoms with Gasteiger partial charge < -0.3 is 16.2 Å². The summed E-state index contributed by atoms with van der Waals surface area (Å²) in [7, 11) is 0. The molecule has 0 heterocycles. The minimum atomic E-state index is -0.556. The van der Waals surface area contributed by atoms with Crippen LogP contribution in [0.15, 0.2) is 4.99 Å². The fourth-order valence-electron chi connectivity index (χ4n) is 1.21. The van der Waals surface area contributed by atoms with E-state index >= 15 is 0 Å². The Bertz CT molecular complexity index is 175. The SMILES string of the molecule is CCNC(N)=NCC1(O)CCC1. The number of aliphatic hydroxyl groups is 1. The average molecular weight is 171 g/mol. The first kappa shape index (κ1) is 9.32. The summed E-state index contributed by atoms with van der Waals surface area (Å²) in [4.78, 5) is 4.04. The molecular weight excluding hydrogens is 154 g/mol. The molecule has 0 aromatic rings. The largest absolute Gasteiger partial charge is 0.388 e. The van der Waals surface area contributed by atoms with Gasteiger partial charge in [0.2, 0.25) is 0 Å². The first-order valence-corrected chi connectivity index (χ1v) is 4.42. The van der Waals surface area contributed by atoms with Gasteiger partial charge in [-0.1, -0.05) is 0 Å². The van der Waals surface area contributed by atoms with E-state index in [1.807, 2.05) is 6.92 Å². The van der Waals surface area contributed by atoms with Gasteiger partial charge in [0.1, 0.15) is 0 Å². The van der Waals surface area contributed by atoms with E-state index in [1.165, 1.54) is 0 Å². The lowest BCUT2D eigenvalue weighted by Crippen LogP contribution is -2.41. The van der Waals surface area contributed by atoms with Gasteiger partial charge in [-0.15, -0.1) is 0 Å². The van der Waals surface area contributed by atoms with E-state index in [0.717, 1.165) is 25.8 Å². The van der Waals surface area contributed by atoms with Gasteiger partial charge in [-0.05, 0) is 26.2 Å². The molecule has 1 fully saturated rings. The quantitative estimate of drug-likeness (QED) is 0.407. The highest BCUT2D eigenvalue weighted by atomic mass is 16.3. The summed E-state index contributed by atoms with van der Waals surface area (Å²) in [5, 5.41) is 12.5. The lowest BCUT2D eigenvalue weighted by atomic mass is 9.80. The summed E-state index contributed by atoms with van der Waals surface area (Å²) in [6, 6.07) is 0. The van der Waals surface area contributed by atoms with Gasteiger partial charge in [-0.2, -0.15) is 0 Å². The normalized spacial score (nSPS) is 21.7. The Morgan fingerprint density at radius 3 is 2.75 bits per heavy atom. The van der Waals surface area contributed by atoms with Crippen LogP contribution in [0.25, 0.3) is 0 Å². The Morgan fingerprint density at radius 2 is 2.33 bits per heavy atom. The van der Waals surface area contributed by atoms with Gasteiger partial charge in [0.25, 0.3) is 0 Å². The van der Waals surface area contributed by atoms with Crippen molar-refractivity contribution >= 4 is 5.96 Å². The lowest BCUT2D eigenvalue weighted by molar-refractivity contribution is -0.0235. The predicted molar refractivity (Wildman–Crippen MR) is 49.0 cm³/mol. The molecule has 70 valence electrons. The number of hydrogen-bond donors (Lipinski definition) is 3. The molecule has 12 heavy (non-hydrogen) atoms. The Hall–Kier alpha value is -0.770. The van der Waals surface area contributed by atoms with Crippen LogP contribution in [0, 0.1) is 0 Å². The Labute approximate surface area is 72.9 Å². The number of nitrogens with zero attached hydrogens (tertiary/aromatic N) is 1. The molecule has 0 aliphatic heterocycles. The molecule has 1 rings (SSSR count). The van der Waals surface area contributed by atoms with Crippen molar-refractivity contribution in [3.05, 3.63) is 0 Å². The maximum atomic E-state index is 9.64. The third kappa shape index (κ3) is 2.37. The van der Waals surface area contributed by atoms with Crippen LogP contribution in [0.2, 0.25) is 0 Å². The monoisotopic (exact) mass is 171 g/mol. The average Bonchev–Trinajstić information content (AvgIpc) is 1.98. The molecule has 0 atom stereocenters. The Kier molecular flexibility index (Phi) is 2.92. The summed E-state index contributed by atoms with van der Waals surface area (Å²) < 4.78 is 0. The fraction of sp³-hybridized carbons (Fsp3) is 0.875. The van der Waals surface area contributed by atoms with Crippen LogP contribution in [0.3, 0.4) is 0 Å². The Morgan fingerprint density at radius 1 is 1.67 bits per heavy atom. The number of nitrogens with one attached hydrogen (secondary N) is 1. The van der Waals surface area contributed by atoms with Crippen LogP contribution in [0.5, 0.6) is 0 Å². The highest BCUT2D eigenvalue weighted by Crippen LogP contribution is 2.31. The van der Waals surface area contributed by atoms with Crippen LogP contribution >= 0.6 is 0 Å². The second-order valence-electron chi connectivity index (χ2n) is 3.31. The van der Waals surface area contributed by atoms with Gasteiger partial charge in [0.05, 0.1) is 12.1 Å². The summed E-state index contributed by atoms with van der Waals surface area (Å²) in [5.74, 6) is 0.429. The van der Waals surface area contributed by atoms with Crippen LogP contribution in [0.1, 0.15) is 26.2 Å². The second-order valence-corrected chi connectivity index (χ2v) is 3.31. The number of aliphatic imine (C=N–C) groups is 1. The highest BCUT2D eigenvalue weighted by molar-refractivity contribution is 5.77. The van der Waals surface area contributed by atoms with Crippen molar-refractivity contribution in [2.24, 2.45) is 10.7 Å². The first-order valence-electron chi connectivity index (χ1n) is 4.42. The van der Waals surface area contributed by atoms with Gasteiger partial charge >= 0.3 is 0 Å². The van der Waals surface area contributed by atoms with Crippen LogP contribution in [-0.2, 0) is 0 Å². The number of guanidine groups is 1. The second kappa shape index (κ2) is 3.76. The molecule has 0 aromatic carbocycles. The molecule has 4 nitrogen and oxygen atoms in total. The summed E-state index contributed by atoms with van der Waals surface area (Å²) in [6.07, 6.45) is 2.82. The van der Waals surface area contributed by atoms with E-state index in [2.05, 4.69) is 10.3 Å². The van der Waals surface area contributed by atoms with Crippen molar-refractivity contribution in [2.75, 3.05) is 13.1 Å². The van der Waals surface area contributed by atoms with Crippen LogP contribution in [0.4, 0.5) is 0 Å². The molecule has 4 N–H and O–H groups in total. The third-order valence-electron chi connectivity index (χ3n) is 2.19. The molecule has 0 radical (unpaired) electrons. The third-order valence-corrected chi connectivity index (χ3v) is 2.19. The molecule has 1 aliphatic rings. The van der Waals surface area contributed by atoms with Crippen molar-refractivity contribution in [3.8, 4) is 0 Å². The van der Waals surface area contributed by atoms with E-state index in [0.29, 0.717) is 12.5 Å². The van der Waals surface area contributed by atoms with Crippen molar-refractivity contribution in [3.63, 3.8) is 0 Å². The number of nitrogens with two attached hydrogens (primary N) is 1. The molecule has 0 saturated heterocycles. The van der Waals surface area contributed by atoms with Crippen molar-refractivity contribution in [2.45, 2.75) is 31.8 Å². The van der Waals surface area contributed by atoms with E-state index in [-0.39, 0.29) is 0 Å². The predicted octanol–water partition coefficient (Wildman–Crippen LogP) is -0.174. The fourth-order valence-corrected chi connectivity index (χ4v) is 1.21. The van der Waals surface area contributed by atoms with E-state index in [4.69, 9.17) is 5.73 Å². The molecular formula is C8H17N3O. The molecule has 0 spiro atoms.